The third-order valence-corrected chi connectivity index (χ3v) is 5.15. The van der Waals surface area contributed by atoms with Crippen molar-refractivity contribution in [2.24, 2.45) is 11.0 Å². The van der Waals surface area contributed by atoms with Crippen LogP contribution in [0.3, 0.4) is 0 Å². The molecule has 3 rings (SSSR count). The minimum atomic E-state index is -0.263. The lowest BCUT2D eigenvalue weighted by atomic mass is 9.89. The molecule has 1 aromatic carbocycles. The minimum Gasteiger partial charge on any atom is -0.266 e. The summed E-state index contributed by atoms with van der Waals surface area (Å²) in [5, 5.41) is 4.28. The molecule has 0 bridgehead atoms. The Bertz CT molecular complexity index is 721. The van der Waals surface area contributed by atoms with Gasteiger partial charge in [0, 0.05) is 10.6 Å². The smallest absolute Gasteiger partial charge is 0.266 e. The van der Waals surface area contributed by atoms with E-state index in [1.54, 1.807) is 18.2 Å². The van der Waals surface area contributed by atoms with Gasteiger partial charge in [-0.1, -0.05) is 19.1 Å². The van der Waals surface area contributed by atoms with Crippen molar-refractivity contribution < 1.29 is 9.18 Å². The molecule has 1 saturated carbocycles. The summed E-state index contributed by atoms with van der Waals surface area (Å²) in [6, 6.07) is 9.93. The standard InChI is InChI=1S/C18H19FN2OS/c1-12-3-2-4-15(11-12)20-21-18(22)17-10-9-16(23-17)13-5-7-14(19)8-6-13/h5-10,12H,2-4,11H2,1H3,(H,21,22)/b20-15+/t12-/m1/s1. The van der Waals surface area contributed by atoms with Crippen LogP contribution >= 0.6 is 11.3 Å². The van der Waals surface area contributed by atoms with E-state index >= 15 is 0 Å². The van der Waals surface area contributed by atoms with E-state index in [2.05, 4.69) is 17.5 Å². The molecule has 5 heteroatoms. The molecular weight excluding hydrogens is 311 g/mol. The molecule has 1 aliphatic rings. The van der Waals surface area contributed by atoms with Gasteiger partial charge in [-0.2, -0.15) is 5.10 Å². The van der Waals surface area contributed by atoms with E-state index in [9.17, 15) is 9.18 Å². The largest absolute Gasteiger partial charge is 0.281 e. The zero-order valence-electron chi connectivity index (χ0n) is 13.0. The van der Waals surface area contributed by atoms with E-state index in [-0.39, 0.29) is 11.7 Å². The number of hydrogen-bond donors (Lipinski definition) is 1. The second-order valence-electron chi connectivity index (χ2n) is 5.99. The molecule has 1 fully saturated rings. The van der Waals surface area contributed by atoms with Gasteiger partial charge in [0.05, 0.1) is 4.88 Å². The van der Waals surface area contributed by atoms with Gasteiger partial charge in [0.2, 0.25) is 0 Å². The predicted molar refractivity (Wildman–Crippen MR) is 92.2 cm³/mol. The van der Waals surface area contributed by atoms with Crippen LogP contribution in [0.1, 0.15) is 42.3 Å². The highest BCUT2D eigenvalue weighted by molar-refractivity contribution is 7.17. The van der Waals surface area contributed by atoms with Crippen LogP contribution in [-0.4, -0.2) is 11.6 Å². The van der Waals surface area contributed by atoms with Crippen molar-refractivity contribution in [3.05, 3.63) is 47.1 Å². The molecule has 1 amide bonds. The monoisotopic (exact) mass is 330 g/mol. The number of hydrogen-bond acceptors (Lipinski definition) is 3. The maximum Gasteiger partial charge on any atom is 0.281 e. The summed E-state index contributed by atoms with van der Waals surface area (Å²) in [6.45, 7) is 2.21. The summed E-state index contributed by atoms with van der Waals surface area (Å²) in [4.78, 5) is 13.7. The zero-order chi connectivity index (χ0) is 16.2. The van der Waals surface area contributed by atoms with Crippen molar-refractivity contribution in [1.82, 2.24) is 5.43 Å². The van der Waals surface area contributed by atoms with Gasteiger partial charge in [-0.15, -0.1) is 11.3 Å². The molecule has 120 valence electrons. The number of benzene rings is 1. The Labute approximate surface area is 139 Å². The Balaban J connectivity index is 1.66. The SMILES string of the molecule is C[C@@H]1CCC/C(=N\NC(=O)c2ccc(-c3ccc(F)cc3)s2)C1. The highest BCUT2D eigenvalue weighted by Gasteiger charge is 2.15. The van der Waals surface area contributed by atoms with E-state index in [1.807, 2.05) is 6.07 Å². The van der Waals surface area contributed by atoms with Gasteiger partial charge in [0.1, 0.15) is 5.82 Å². The van der Waals surface area contributed by atoms with Crippen molar-refractivity contribution in [2.75, 3.05) is 0 Å². The summed E-state index contributed by atoms with van der Waals surface area (Å²) in [5.41, 5.74) is 4.64. The molecule has 3 nitrogen and oxygen atoms in total. The van der Waals surface area contributed by atoms with Crippen molar-refractivity contribution >= 4 is 23.0 Å². The lowest BCUT2D eigenvalue weighted by Gasteiger charge is -2.18. The maximum atomic E-state index is 13.0. The van der Waals surface area contributed by atoms with Crippen LogP contribution in [0, 0.1) is 11.7 Å². The first-order chi connectivity index (χ1) is 11.1. The molecule has 1 N–H and O–H groups in total. The number of rotatable bonds is 3. The number of thiophene rings is 1. The van der Waals surface area contributed by atoms with Gasteiger partial charge in [0.25, 0.3) is 5.91 Å². The van der Waals surface area contributed by atoms with E-state index < -0.39 is 0 Å². The van der Waals surface area contributed by atoms with Crippen LogP contribution < -0.4 is 5.43 Å². The fraction of sp³-hybridized carbons (Fsp3) is 0.333. The average Bonchev–Trinajstić information content (AvgIpc) is 3.03. The van der Waals surface area contributed by atoms with E-state index in [1.165, 1.54) is 29.9 Å². The molecule has 1 atom stereocenters. The summed E-state index contributed by atoms with van der Waals surface area (Å²) >= 11 is 1.38. The fourth-order valence-corrected chi connectivity index (χ4v) is 3.68. The topological polar surface area (TPSA) is 41.5 Å². The fourth-order valence-electron chi connectivity index (χ4n) is 2.78. The van der Waals surface area contributed by atoms with Crippen LogP contribution in [0.15, 0.2) is 41.5 Å². The summed E-state index contributed by atoms with van der Waals surface area (Å²) in [7, 11) is 0. The highest BCUT2D eigenvalue weighted by atomic mass is 32.1. The van der Waals surface area contributed by atoms with Gasteiger partial charge in [-0.3, -0.25) is 4.79 Å². The molecule has 23 heavy (non-hydrogen) atoms. The molecular formula is C18H19FN2OS. The molecule has 0 unspecified atom stereocenters. The van der Waals surface area contributed by atoms with Crippen molar-refractivity contribution in [3.8, 4) is 10.4 Å². The number of nitrogens with zero attached hydrogens (tertiary/aromatic N) is 1. The predicted octanol–water partition coefficient (Wildman–Crippen LogP) is 4.85. The van der Waals surface area contributed by atoms with Gasteiger partial charge in [-0.25, -0.2) is 9.82 Å². The van der Waals surface area contributed by atoms with Crippen LogP contribution in [0.2, 0.25) is 0 Å². The van der Waals surface area contributed by atoms with Crippen molar-refractivity contribution in [1.29, 1.82) is 0 Å². The lowest BCUT2D eigenvalue weighted by Crippen LogP contribution is -2.21. The molecule has 1 aromatic heterocycles. The van der Waals surface area contributed by atoms with E-state index in [4.69, 9.17) is 0 Å². The number of carbonyl (C=O) groups excluding carboxylic acids is 1. The van der Waals surface area contributed by atoms with E-state index in [0.717, 1.165) is 35.4 Å². The zero-order valence-corrected chi connectivity index (χ0v) is 13.8. The van der Waals surface area contributed by atoms with Crippen molar-refractivity contribution in [2.45, 2.75) is 32.6 Å². The summed E-state index contributed by atoms with van der Waals surface area (Å²) in [6.07, 6.45) is 4.31. The quantitative estimate of drug-likeness (QED) is 0.803. The number of hydrazone groups is 1. The first kappa shape index (κ1) is 15.9. The van der Waals surface area contributed by atoms with Gasteiger partial charge < -0.3 is 0 Å². The summed E-state index contributed by atoms with van der Waals surface area (Å²) in [5.74, 6) is 0.195. The van der Waals surface area contributed by atoms with Gasteiger partial charge in [-0.05, 0) is 61.4 Å². The molecule has 0 radical (unpaired) electrons. The van der Waals surface area contributed by atoms with Crippen LogP contribution in [-0.2, 0) is 0 Å². The maximum absolute atomic E-state index is 13.0. The second kappa shape index (κ2) is 7.04. The average molecular weight is 330 g/mol. The third kappa shape index (κ3) is 4.05. The molecule has 0 saturated heterocycles. The highest BCUT2D eigenvalue weighted by Crippen LogP contribution is 2.28. The number of halogens is 1. The molecule has 2 aromatic rings. The van der Waals surface area contributed by atoms with Gasteiger partial charge >= 0.3 is 0 Å². The molecule has 0 aliphatic heterocycles. The number of amides is 1. The normalized spacial score (nSPS) is 19.7. The Morgan fingerprint density at radius 1 is 1.26 bits per heavy atom. The van der Waals surface area contributed by atoms with Crippen LogP contribution in [0.5, 0.6) is 0 Å². The minimum absolute atomic E-state index is 0.186. The molecule has 0 spiro atoms. The Hall–Kier alpha value is -2.01. The van der Waals surface area contributed by atoms with Crippen LogP contribution in [0.4, 0.5) is 4.39 Å². The van der Waals surface area contributed by atoms with Crippen molar-refractivity contribution in [3.63, 3.8) is 0 Å². The number of carbonyl (C=O) groups is 1. The molecule has 1 heterocycles. The summed E-state index contributed by atoms with van der Waals surface area (Å²) < 4.78 is 13.0. The van der Waals surface area contributed by atoms with Gasteiger partial charge in [0.15, 0.2) is 0 Å². The van der Waals surface area contributed by atoms with E-state index in [0.29, 0.717) is 10.8 Å². The number of nitrogens with one attached hydrogen (secondary N) is 1. The Kier molecular flexibility index (Phi) is 4.86. The first-order valence-electron chi connectivity index (χ1n) is 7.83. The first-order valence-corrected chi connectivity index (χ1v) is 8.65. The van der Waals surface area contributed by atoms with Crippen LogP contribution in [0.25, 0.3) is 10.4 Å². The second-order valence-corrected chi connectivity index (χ2v) is 7.08. The third-order valence-electron chi connectivity index (χ3n) is 4.02. The lowest BCUT2D eigenvalue weighted by molar-refractivity contribution is 0.0958. The molecule has 1 aliphatic carbocycles. The Morgan fingerprint density at radius 3 is 2.78 bits per heavy atom. The Morgan fingerprint density at radius 2 is 2.04 bits per heavy atom.